The van der Waals surface area contributed by atoms with E-state index in [-0.39, 0.29) is 25.0 Å². The number of rotatable bonds is 8. The summed E-state index contributed by atoms with van der Waals surface area (Å²) in [6.07, 6.45) is 0.425. The van der Waals surface area contributed by atoms with Crippen LogP contribution in [0.4, 0.5) is 0 Å². The van der Waals surface area contributed by atoms with Crippen LogP contribution < -0.4 is 10.1 Å². The van der Waals surface area contributed by atoms with Crippen LogP contribution in [0, 0.1) is 0 Å². The number of ether oxygens (including phenoxy) is 1. The van der Waals surface area contributed by atoms with Crippen molar-refractivity contribution in [3.63, 3.8) is 0 Å². The number of halogens is 4. The van der Waals surface area contributed by atoms with Crippen molar-refractivity contribution < 1.29 is 14.3 Å². The number of amides is 2. The molecular formula is C23H26BrCl3N2O3. The maximum absolute atomic E-state index is 13.2. The summed E-state index contributed by atoms with van der Waals surface area (Å²) in [6.45, 7) is 7.42. The predicted octanol–water partition coefficient (Wildman–Crippen LogP) is 6.51. The zero-order valence-corrected chi connectivity index (χ0v) is 22.2. The molecule has 174 valence electrons. The van der Waals surface area contributed by atoms with Crippen molar-refractivity contribution in [1.29, 1.82) is 0 Å². The molecule has 9 heteroatoms. The minimum absolute atomic E-state index is 0.170. The number of hydrogen-bond donors (Lipinski definition) is 1. The molecule has 0 fully saturated rings. The number of benzene rings is 2. The number of nitrogens with one attached hydrogen (secondary N) is 1. The van der Waals surface area contributed by atoms with E-state index in [1.54, 1.807) is 36.4 Å². The Labute approximate surface area is 212 Å². The van der Waals surface area contributed by atoms with Gasteiger partial charge in [-0.05, 0) is 63.1 Å². The van der Waals surface area contributed by atoms with E-state index < -0.39 is 11.6 Å². The standard InChI is InChI=1S/C23H26BrCl3N2O3/c1-5-19(22(31)28-23(2,3)4)29(12-14-6-8-16(25)17(26)10-14)21(30)13-32-20-9-7-15(24)11-18(20)27/h6-11,19H,5,12-13H2,1-4H3,(H,28,31). The van der Waals surface area contributed by atoms with E-state index >= 15 is 0 Å². The Morgan fingerprint density at radius 1 is 1.06 bits per heavy atom. The van der Waals surface area contributed by atoms with Gasteiger partial charge in [0.05, 0.1) is 15.1 Å². The maximum Gasteiger partial charge on any atom is 0.261 e. The Morgan fingerprint density at radius 3 is 2.31 bits per heavy atom. The average molecular weight is 565 g/mol. The molecule has 2 aromatic rings. The van der Waals surface area contributed by atoms with E-state index in [2.05, 4.69) is 21.2 Å². The van der Waals surface area contributed by atoms with E-state index in [0.717, 1.165) is 10.0 Å². The van der Waals surface area contributed by atoms with Crippen LogP contribution in [0.3, 0.4) is 0 Å². The molecule has 1 unspecified atom stereocenters. The molecule has 0 spiro atoms. The fourth-order valence-electron chi connectivity index (χ4n) is 3.02. The summed E-state index contributed by atoms with van der Waals surface area (Å²) >= 11 is 21.7. The average Bonchev–Trinajstić information content (AvgIpc) is 2.68. The molecule has 0 radical (unpaired) electrons. The van der Waals surface area contributed by atoms with Gasteiger partial charge in [-0.15, -0.1) is 0 Å². The number of hydrogen-bond acceptors (Lipinski definition) is 3. The smallest absolute Gasteiger partial charge is 0.261 e. The highest BCUT2D eigenvalue weighted by Gasteiger charge is 2.31. The first-order valence-electron chi connectivity index (χ1n) is 10.0. The molecule has 0 aromatic heterocycles. The normalized spacial score (nSPS) is 12.2. The topological polar surface area (TPSA) is 58.6 Å². The summed E-state index contributed by atoms with van der Waals surface area (Å²) in [4.78, 5) is 27.7. The third kappa shape index (κ3) is 7.84. The van der Waals surface area contributed by atoms with Crippen molar-refractivity contribution in [3.05, 3.63) is 61.5 Å². The van der Waals surface area contributed by atoms with Crippen LogP contribution in [-0.2, 0) is 16.1 Å². The van der Waals surface area contributed by atoms with Gasteiger partial charge in [0.25, 0.3) is 5.91 Å². The largest absolute Gasteiger partial charge is 0.482 e. The van der Waals surface area contributed by atoms with Crippen LogP contribution in [0.25, 0.3) is 0 Å². The zero-order valence-electron chi connectivity index (χ0n) is 18.3. The van der Waals surface area contributed by atoms with Crippen LogP contribution in [-0.4, -0.2) is 34.9 Å². The van der Waals surface area contributed by atoms with Crippen molar-refractivity contribution in [2.75, 3.05) is 6.61 Å². The molecule has 0 saturated heterocycles. The van der Waals surface area contributed by atoms with Crippen molar-refractivity contribution >= 4 is 62.5 Å². The van der Waals surface area contributed by atoms with Crippen molar-refractivity contribution in [3.8, 4) is 5.75 Å². The molecule has 0 aliphatic rings. The Morgan fingerprint density at radius 2 is 1.75 bits per heavy atom. The molecule has 0 aliphatic heterocycles. The molecule has 2 rings (SSSR count). The third-order valence-corrected chi connectivity index (χ3v) is 5.99. The van der Waals surface area contributed by atoms with Crippen LogP contribution in [0.5, 0.6) is 5.75 Å². The van der Waals surface area contributed by atoms with Gasteiger partial charge in [-0.1, -0.05) is 63.7 Å². The lowest BCUT2D eigenvalue weighted by molar-refractivity contribution is -0.143. The highest BCUT2D eigenvalue weighted by Crippen LogP contribution is 2.28. The summed E-state index contributed by atoms with van der Waals surface area (Å²) in [5.74, 6) is -0.217. The molecule has 32 heavy (non-hydrogen) atoms. The highest BCUT2D eigenvalue weighted by molar-refractivity contribution is 9.10. The molecule has 2 amide bonds. The van der Waals surface area contributed by atoms with Gasteiger partial charge in [-0.2, -0.15) is 0 Å². The molecule has 0 saturated carbocycles. The van der Waals surface area contributed by atoms with Gasteiger partial charge < -0.3 is 15.0 Å². The van der Waals surface area contributed by atoms with Gasteiger partial charge in [0.2, 0.25) is 5.91 Å². The van der Waals surface area contributed by atoms with Crippen molar-refractivity contribution in [1.82, 2.24) is 10.2 Å². The van der Waals surface area contributed by atoms with E-state index in [1.165, 1.54) is 4.90 Å². The second-order valence-corrected chi connectivity index (χ2v) is 10.4. The van der Waals surface area contributed by atoms with E-state index in [4.69, 9.17) is 39.5 Å². The molecule has 2 aromatic carbocycles. The van der Waals surface area contributed by atoms with Gasteiger partial charge in [-0.3, -0.25) is 9.59 Å². The summed E-state index contributed by atoms with van der Waals surface area (Å²) < 4.78 is 6.47. The molecule has 0 heterocycles. The highest BCUT2D eigenvalue weighted by atomic mass is 79.9. The Kier molecular flexibility index (Phi) is 9.70. The van der Waals surface area contributed by atoms with Gasteiger partial charge in [-0.25, -0.2) is 0 Å². The van der Waals surface area contributed by atoms with Crippen LogP contribution in [0.1, 0.15) is 39.7 Å². The van der Waals surface area contributed by atoms with E-state index in [1.807, 2.05) is 27.7 Å². The number of nitrogens with zero attached hydrogens (tertiary/aromatic N) is 1. The first-order chi connectivity index (χ1) is 14.9. The number of carbonyl (C=O) groups is 2. The Bertz CT molecular complexity index is 979. The lowest BCUT2D eigenvalue weighted by Gasteiger charge is -2.33. The Balaban J connectivity index is 2.29. The van der Waals surface area contributed by atoms with Crippen molar-refractivity contribution in [2.45, 2.75) is 52.2 Å². The van der Waals surface area contributed by atoms with E-state index in [0.29, 0.717) is 27.2 Å². The zero-order chi connectivity index (χ0) is 24.1. The fraction of sp³-hybridized carbons (Fsp3) is 0.391. The fourth-order valence-corrected chi connectivity index (χ4v) is 4.07. The third-order valence-electron chi connectivity index (χ3n) is 4.47. The first-order valence-corrected chi connectivity index (χ1v) is 12.0. The van der Waals surface area contributed by atoms with Crippen LogP contribution in [0.15, 0.2) is 40.9 Å². The summed E-state index contributed by atoms with van der Waals surface area (Å²) in [7, 11) is 0. The minimum atomic E-state index is -0.694. The summed E-state index contributed by atoms with van der Waals surface area (Å²) in [5.41, 5.74) is 0.306. The second kappa shape index (κ2) is 11.6. The van der Waals surface area contributed by atoms with Gasteiger partial charge in [0, 0.05) is 16.6 Å². The Hall–Kier alpha value is -1.47. The van der Waals surface area contributed by atoms with Gasteiger partial charge in [0.1, 0.15) is 11.8 Å². The van der Waals surface area contributed by atoms with E-state index in [9.17, 15) is 9.59 Å². The van der Waals surface area contributed by atoms with Gasteiger partial charge in [0.15, 0.2) is 6.61 Å². The minimum Gasteiger partial charge on any atom is -0.482 e. The lowest BCUT2D eigenvalue weighted by Crippen LogP contribution is -2.54. The second-order valence-electron chi connectivity index (χ2n) is 8.30. The monoisotopic (exact) mass is 562 g/mol. The summed E-state index contributed by atoms with van der Waals surface area (Å²) in [5, 5.41) is 4.12. The predicted molar refractivity (Wildman–Crippen MR) is 134 cm³/mol. The lowest BCUT2D eigenvalue weighted by atomic mass is 10.1. The van der Waals surface area contributed by atoms with Crippen LogP contribution >= 0.6 is 50.7 Å². The van der Waals surface area contributed by atoms with Crippen LogP contribution in [0.2, 0.25) is 15.1 Å². The molecule has 0 aliphatic carbocycles. The van der Waals surface area contributed by atoms with Crippen molar-refractivity contribution in [2.24, 2.45) is 0 Å². The summed E-state index contributed by atoms with van der Waals surface area (Å²) in [6, 6.07) is 9.55. The maximum atomic E-state index is 13.2. The SMILES string of the molecule is CCC(C(=O)NC(C)(C)C)N(Cc1ccc(Cl)c(Cl)c1)C(=O)COc1ccc(Br)cc1Cl. The molecule has 5 nitrogen and oxygen atoms in total. The van der Waals surface area contributed by atoms with Gasteiger partial charge >= 0.3 is 0 Å². The molecule has 1 atom stereocenters. The molecular weight excluding hydrogens is 539 g/mol. The molecule has 1 N–H and O–H groups in total. The molecule has 0 bridgehead atoms. The first kappa shape index (κ1) is 26.8. The number of carbonyl (C=O) groups excluding carboxylic acids is 2. The quantitative estimate of drug-likeness (QED) is 0.398.